The molecule has 0 bridgehead atoms. The molecule has 0 saturated heterocycles. The number of benzene rings is 1. The lowest BCUT2D eigenvalue weighted by Gasteiger charge is -2.23. The molecule has 0 fully saturated rings. The summed E-state index contributed by atoms with van der Waals surface area (Å²) in [7, 11) is -3.38. The van der Waals surface area contributed by atoms with E-state index in [0.29, 0.717) is 0 Å². The topological polar surface area (TPSA) is 46.2 Å². The van der Waals surface area contributed by atoms with Crippen LogP contribution in [0.2, 0.25) is 0 Å². The molecular formula is C14H22FNO2S. The maximum Gasteiger partial charge on any atom is 0.179 e. The van der Waals surface area contributed by atoms with Crippen LogP contribution in [0.15, 0.2) is 29.2 Å². The molecule has 0 radical (unpaired) electrons. The van der Waals surface area contributed by atoms with E-state index in [1.165, 1.54) is 24.3 Å². The summed E-state index contributed by atoms with van der Waals surface area (Å²) in [6, 6.07) is 4.93. The van der Waals surface area contributed by atoms with Crippen LogP contribution in [0.5, 0.6) is 0 Å². The third-order valence-corrected chi connectivity index (χ3v) is 5.16. The van der Waals surface area contributed by atoms with Crippen molar-refractivity contribution in [3.8, 4) is 0 Å². The van der Waals surface area contributed by atoms with E-state index in [9.17, 15) is 12.8 Å². The van der Waals surface area contributed by atoms with Crippen molar-refractivity contribution < 1.29 is 12.8 Å². The molecule has 2 atom stereocenters. The van der Waals surface area contributed by atoms with E-state index < -0.39 is 15.7 Å². The molecule has 0 aliphatic rings. The van der Waals surface area contributed by atoms with Crippen LogP contribution in [0.1, 0.15) is 27.2 Å². The number of sulfone groups is 1. The highest BCUT2D eigenvalue weighted by molar-refractivity contribution is 7.91. The van der Waals surface area contributed by atoms with Gasteiger partial charge in [-0.15, -0.1) is 0 Å². The van der Waals surface area contributed by atoms with Crippen LogP contribution in [-0.4, -0.2) is 26.8 Å². The van der Waals surface area contributed by atoms with Crippen molar-refractivity contribution in [2.75, 3.05) is 12.3 Å². The van der Waals surface area contributed by atoms with Crippen molar-refractivity contribution in [1.29, 1.82) is 0 Å². The van der Waals surface area contributed by atoms with Crippen molar-refractivity contribution >= 4 is 9.84 Å². The van der Waals surface area contributed by atoms with Gasteiger partial charge >= 0.3 is 0 Å². The summed E-state index contributed by atoms with van der Waals surface area (Å²) in [6.07, 6.45) is 0.913. The Morgan fingerprint density at radius 3 is 2.26 bits per heavy atom. The Morgan fingerprint density at radius 2 is 1.79 bits per heavy atom. The largest absolute Gasteiger partial charge is 0.313 e. The van der Waals surface area contributed by atoms with Crippen molar-refractivity contribution in [2.24, 2.45) is 5.92 Å². The molecule has 3 nitrogen and oxygen atoms in total. The third-order valence-electron chi connectivity index (χ3n) is 3.37. The maximum absolute atomic E-state index is 12.8. The molecular weight excluding hydrogens is 265 g/mol. The first-order chi connectivity index (χ1) is 8.90. The second-order valence-electron chi connectivity index (χ2n) is 4.79. The van der Waals surface area contributed by atoms with Crippen molar-refractivity contribution in [2.45, 2.75) is 38.1 Å². The normalized spacial score (nSPS) is 15.2. The number of halogens is 1. The van der Waals surface area contributed by atoms with Crippen LogP contribution < -0.4 is 5.32 Å². The highest BCUT2D eigenvalue weighted by Crippen LogP contribution is 2.17. The van der Waals surface area contributed by atoms with Gasteiger partial charge in [-0.2, -0.15) is 0 Å². The molecule has 0 aromatic heterocycles. The lowest BCUT2D eigenvalue weighted by Crippen LogP contribution is -2.40. The first-order valence-corrected chi connectivity index (χ1v) is 8.27. The van der Waals surface area contributed by atoms with Crippen molar-refractivity contribution in [3.05, 3.63) is 30.1 Å². The van der Waals surface area contributed by atoms with Crippen LogP contribution in [0.4, 0.5) is 4.39 Å². The molecule has 108 valence electrons. The van der Waals surface area contributed by atoms with E-state index in [-0.39, 0.29) is 22.6 Å². The average Bonchev–Trinajstić information content (AvgIpc) is 2.37. The Labute approximate surface area is 115 Å². The van der Waals surface area contributed by atoms with Gasteiger partial charge in [0, 0.05) is 6.04 Å². The van der Waals surface area contributed by atoms with Gasteiger partial charge in [-0.1, -0.05) is 27.2 Å². The van der Waals surface area contributed by atoms with Gasteiger partial charge in [0.25, 0.3) is 0 Å². The summed E-state index contributed by atoms with van der Waals surface area (Å²) in [5, 5.41) is 3.22. The minimum absolute atomic E-state index is 0.0431. The molecule has 19 heavy (non-hydrogen) atoms. The molecule has 0 saturated carbocycles. The Bertz CT molecular complexity index is 485. The fourth-order valence-corrected chi connectivity index (χ4v) is 3.61. The second-order valence-corrected chi connectivity index (χ2v) is 6.82. The van der Waals surface area contributed by atoms with Crippen LogP contribution in [-0.2, 0) is 9.84 Å². The molecule has 5 heteroatoms. The zero-order valence-corrected chi connectivity index (χ0v) is 12.5. The van der Waals surface area contributed by atoms with E-state index in [2.05, 4.69) is 5.32 Å². The van der Waals surface area contributed by atoms with Gasteiger partial charge in [0.05, 0.1) is 10.6 Å². The van der Waals surface area contributed by atoms with Crippen molar-refractivity contribution in [1.82, 2.24) is 5.32 Å². The van der Waals surface area contributed by atoms with Gasteiger partial charge in [0.1, 0.15) is 5.82 Å². The maximum atomic E-state index is 12.8. The predicted octanol–water partition coefficient (Wildman–Crippen LogP) is 2.62. The van der Waals surface area contributed by atoms with Gasteiger partial charge in [-0.05, 0) is 36.7 Å². The summed E-state index contributed by atoms with van der Waals surface area (Å²) in [5.74, 6) is -0.110. The highest BCUT2D eigenvalue weighted by Gasteiger charge is 2.24. The SMILES string of the molecule is CCNC(CS(=O)(=O)c1ccc(F)cc1)C(C)CC. The highest BCUT2D eigenvalue weighted by atomic mass is 32.2. The molecule has 1 aromatic rings. The summed E-state index contributed by atoms with van der Waals surface area (Å²) in [4.78, 5) is 0.181. The summed E-state index contributed by atoms with van der Waals surface area (Å²) >= 11 is 0. The average molecular weight is 287 g/mol. The van der Waals surface area contributed by atoms with Gasteiger partial charge in [0.15, 0.2) is 9.84 Å². The minimum atomic E-state index is -3.38. The number of hydrogen-bond donors (Lipinski definition) is 1. The van der Waals surface area contributed by atoms with Crippen LogP contribution in [0.25, 0.3) is 0 Å². The predicted molar refractivity (Wildman–Crippen MR) is 75.4 cm³/mol. The molecule has 2 unspecified atom stereocenters. The van der Waals surface area contributed by atoms with Gasteiger partial charge in [0.2, 0.25) is 0 Å². The lowest BCUT2D eigenvalue weighted by molar-refractivity contribution is 0.398. The Kier molecular flexibility index (Phi) is 5.94. The second kappa shape index (κ2) is 7.01. The van der Waals surface area contributed by atoms with E-state index in [4.69, 9.17) is 0 Å². The van der Waals surface area contributed by atoms with E-state index in [1.54, 1.807) is 0 Å². The zero-order chi connectivity index (χ0) is 14.5. The number of hydrogen-bond acceptors (Lipinski definition) is 3. The Balaban J connectivity index is 2.90. The standard InChI is InChI=1S/C14H22FNO2S/c1-4-11(3)14(16-5-2)10-19(17,18)13-8-6-12(15)7-9-13/h6-9,11,14,16H,4-5,10H2,1-3H3. The molecule has 0 heterocycles. The monoisotopic (exact) mass is 287 g/mol. The van der Waals surface area contributed by atoms with Gasteiger partial charge < -0.3 is 5.32 Å². The summed E-state index contributed by atoms with van der Waals surface area (Å²) < 4.78 is 37.4. The Hall–Kier alpha value is -0.940. The fraction of sp³-hybridized carbons (Fsp3) is 0.571. The number of rotatable bonds is 7. The molecule has 0 spiro atoms. The van der Waals surface area contributed by atoms with E-state index in [1.807, 2.05) is 20.8 Å². The molecule has 0 aliphatic heterocycles. The van der Waals surface area contributed by atoms with Crippen LogP contribution in [0.3, 0.4) is 0 Å². The third kappa shape index (κ3) is 4.58. The molecule has 0 amide bonds. The Morgan fingerprint density at radius 1 is 1.21 bits per heavy atom. The quantitative estimate of drug-likeness (QED) is 0.784. The van der Waals surface area contributed by atoms with E-state index in [0.717, 1.165) is 13.0 Å². The van der Waals surface area contributed by atoms with Crippen LogP contribution in [0, 0.1) is 11.7 Å². The number of nitrogens with one attached hydrogen (secondary N) is 1. The summed E-state index contributed by atoms with van der Waals surface area (Å²) in [5.41, 5.74) is 0. The smallest absolute Gasteiger partial charge is 0.179 e. The van der Waals surface area contributed by atoms with Crippen LogP contribution >= 0.6 is 0 Å². The van der Waals surface area contributed by atoms with E-state index >= 15 is 0 Å². The summed E-state index contributed by atoms with van der Waals surface area (Å²) in [6.45, 7) is 6.76. The molecule has 0 aliphatic carbocycles. The van der Waals surface area contributed by atoms with Gasteiger partial charge in [-0.25, -0.2) is 12.8 Å². The first kappa shape index (κ1) is 16.1. The van der Waals surface area contributed by atoms with Gasteiger partial charge in [-0.3, -0.25) is 0 Å². The van der Waals surface area contributed by atoms with Crippen molar-refractivity contribution in [3.63, 3.8) is 0 Å². The zero-order valence-electron chi connectivity index (χ0n) is 11.7. The molecule has 1 rings (SSSR count). The minimum Gasteiger partial charge on any atom is -0.313 e. The molecule has 1 N–H and O–H groups in total. The first-order valence-electron chi connectivity index (χ1n) is 6.62. The molecule has 1 aromatic carbocycles. The fourth-order valence-electron chi connectivity index (χ4n) is 1.95. The lowest BCUT2D eigenvalue weighted by atomic mass is 10.0.